The number of benzene rings is 8. The molecule has 0 bridgehead atoms. The monoisotopic (exact) mass is 1040 g/mol. The maximum atomic E-state index is 2.76. The van der Waals surface area contributed by atoms with E-state index in [1.54, 1.807) is 0 Å². The minimum absolute atomic E-state index is 0.0105. The van der Waals surface area contributed by atoms with Gasteiger partial charge in [0.15, 0.2) is 0 Å². The molecule has 0 saturated heterocycles. The highest BCUT2D eigenvalue weighted by Gasteiger charge is 2.50. The summed E-state index contributed by atoms with van der Waals surface area (Å²) in [6.07, 6.45) is 3.46. The molecule has 0 spiro atoms. The molecule has 13 rings (SSSR count). The lowest BCUT2D eigenvalue weighted by Gasteiger charge is -2.47. The fourth-order valence-corrected chi connectivity index (χ4v) is 15.5. The second kappa shape index (κ2) is 16.9. The summed E-state index contributed by atoms with van der Waals surface area (Å²) < 4.78 is 0. The fraction of sp³-hybridized carbons (Fsp3) is 0.360. The van der Waals surface area contributed by atoms with Gasteiger partial charge in [-0.25, -0.2) is 0 Å². The van der Waals surface area contributed by atoms with Gasteiger partial charge in [0, 0.05) is 56.6 Å². The molecule has 79 heavy (non-hydrogen) atoms. The van der Waals surface area contributed by atoms with Crippen LogP contribution in [0.1, 0.15) is 180 Å². The predicted octanol–water partition coefficient (Wildman–Crippen LogP) is 18.8. The molecule has 3 aliphatic carbocycles. The predicted molar refractivity (Wildman–Crippen MR) is 341 cm³/mol. The first kappa shape index (κ1) is 51.6. The Morgan fingerprint density at radius 2 is 0.949 bits per heavy atom. The van der Waals surface area contributed by atoms with Crippen molar-refractivity contribution in [2.24, 2.45) is 0 Å². The fourth-order valence-electron chi connectivity index (χ4n) is 15.5. The van der Waals surface area contributed by atoms with Gasteiger partial charge in [0.2, 0.25) is 0 Å². The highest BCUT2D eigenvalue weighted by molar-refractivity contribution is 7.00. The van der Waals surface area contributed by atoms with Crippen LogP contribution in [0.2, 0.25) is 0 Å². The average Bonchev–Trinajstić information content (AvgIpc) is 4.00. The molecular formula is C75H82BN3. The zero-order valence-electron chi connectivity index (χ0n) is 50.5. The molecule has 0 aromatic heterocycles. The molecule has 8 aromatic carbocycles. The molecule has 8 aromatic rings. The van der Waals surface area contributed by atoms with Crippen LogP contribution in [0.15, 0.2) is 152 Å². The molecule has 0 N–H and O–H groups in total. The van der Waals surface area contributed by atoms with Crippen molar-refractivity contribution in [3.63, 3.8) is 0 Å². The molecule has 2 aliphatic heterocycles. The summed E-state index contributed by atoms with van der Waals surface area (Å²) in [7, 11) is 0. The van der Waals surface area contributed by atoms with Crippen LogP contribution in [0.3, 0.4) is 0 Å². The van der Waals surface area contributed by atoms with Crippen molar-refractivity contribution in [1.82, 2.24) is 0 Å². The van der Waals surface area contributed by atoms with Crippen molar-refractivity contribution < 1.29 is 0 Å². The Labute approximate surface area is 474 Å². The number of fused-ring (bicyclic) bond motifs is 9. The Hall–Kier alpha value is -6.78. The van der Waals surface area contributed by atoms with Crippen molar-refractivity contribution in [3.8, 4) is 11.1 Å². The van der Waals surface area contributed by atoms with Gasteiger partial charge in [0.05, 0.1) is 0 Å². The van der Waals surface area contributed by atoms with E-state index in [1.165, 1.54) is 125 Å². The molecule has 400 valence electrons. The number of para-hydroxylation sites is 2. The third-order valence-corrected chi connectivity index (χ3v) is 19.9. The summed E-state index contributed by atoms with van der Waals surface area (Å²) in [5, 5.41) is 0. The summed E-state index contributed by atoms with van der Waals surface area (Å²) in [5.41, 5.74) is 30.5. The van der Waals surface area contributed by atoms with E-state index in [9.17, 15) is 0 Å². The summed E-state index contributed by atoms with van der Waals surface area (Å²) in [5.74, 6) is 0. The Balaban J connectivity index is 1.15. The SMILES string of the molecule is Cc1cc2c(cc1N1c3cc4c(cc3B3c5ccc(N(c6ccccc6)c6ccccc6)cc5N(c5ccc6c(c5)-c5ccc(C(C)(C)C)cc5C6(C)C)c5cc(C(C)(C)C)cc1c53)C(C)(C)CC4(C)C)C(C)(C)CCC2(C)C. The van der Waals surface area contributed by atoms with Crippen molar-refractivity contribution in [1.29, 1.82) is 0 Å². The molecule has 0 unspecified atom stereocenters. The van der Waals surface area contributed by atoms with Crippen molar-refractivity contribution >= 4 is 74.3 Å². The second-order valence-corrected chi connectivity index (χ2v) is 29.8. The first-order valence-corrected chi connectivity index (χ1v) is 29.5. The number of anilines is 9. The lowest BCUT2D eigenvalue weighted by Crippen LogP contribution is -2.61. The van der Waals surface area contributed by atoms with Gasteiger partial charge in [0.25, 0.3) is 6.71 Å². The van der Waals surface area contributed by atoms with E-state index < -0.39 is 0 Å². The van der Waals surface area contributed by atoms with Gasteiger partial charge >= 0.3 is 0 Å². The third-order valence-electron chi connectivity index (χ3n) is 19.9. The van der Waals surface area contributed by atoms with E-state index in [0.29, 0.717) is 0 Å². The topological polar surface area (TPSA) is 9.72 Å². The van der Waals surface area contributed by atoms with Gasteiger partial charge in [0.1, 0.15) is 0 Å². The lowest BCUT2D eigenvalue weighted by atomic mass is 9.33. The largest absolute Gasteiger partial charge is 0.311 e. The van der Waals surface area contributed by atoms with Crippen molar-refractivity contribution in [2.45, 2.75) is 175 Å². The zero-order chi connectivity index (χ0) is 55.9. The lowest BCUT2D eigenvalue weighted by molar-refractivity contribution is 0.332. The summed E-state index contributed by atoms with van der Waals surface area (Å²) in [6.45, 7) is 41.3. The second-order valence-electron chi connectivity index (χ2n) is 29.8. The first-order valence-electron chi connectivity index (χ1n) is 29.5. The number of nitrogens with zero attached hydrogens (tertiary/aromatic N) is 3. The summed E-state index contributed by atoms with van der Waals surface area (Å²) in [4.78, 5) is 7.88. The Kier molecular flexibility index (Phi) is 11.0. The van der Waals surface area contributed by atoms with Gasteiger partial charge in [-0.15, -0.1) is 0 Å². The summed E-state index contributed by atoms with van der Waals surface area (Å²) >= 11 is 0. The quantitative estimate of drug-likeness (QED) is 0.159. The Morgan fingerprint density at radius 1 is 0.405 bits per heavy atom. The Morgan fingerprint density at radius 3 is 1.56 bits per heavy atom. The molecule has 0 fully saturated rings. The molecule has 0 amide bonds. The molecular weight excluding hydrogens is 954 g/mol. The minimum atomic E-state index is -0.162. The molecule has 2 heterocycles. The van der Waals surface area contributed by atoms with Crippen LogP contribution in [0.5, 0.6) is 0 Å². The highest BCUT2D eigenvalue weighted by atomic mass is 15.2. The molecule has 4 heteroatoms. The first-order chi connectivity index (χ1) is 37.1. The van der Waals surface area contributed by atoms with Crippen LogP contribution >= 0.6 is 0 Å². The van der Waals surface area contributed by atoms with Crippen LogP contribution in [-0.4, -0.2) is 6.71 Å². The maximum absolute atomic E-state index is 2.76. The van der Waals surface area contributed by atoms with E-state index in [1.807, 2.05) is 0 Å². The van der Waals surface area contributed by atoms with Crippen LogP contribution in [0.4, 0.5) is 51.2 Å². The van der Waals surface area contributed by atoms with Crippen LogP contribution in [0.25, 0.3) is 11.1 Å². The average molecular weight is 1040 g/mol. The maximum Gasteiger partial charge on any atom is 0.252 e. The normalized spacial score (nSPS) is 18.2. The van der Waals surface area contributed by atoms with Crippen molar-refractivity contribution in [3.05, 3.63) is 202 Å². The van der Waals surface area contributed by atoms with Gasteiger partial charge in [-0.05, 0) is 209 Å². The van der Waals surface area contributed by atoms with Crippen LogP contribution in [0, 0.1) is 6.92 Å². The van der Waals surface area contributed by atoms with Gasteiger partial charge in [-0.2, -0.15) is 0 Å². The van der Waals surface area contributed by atoms with Crippen molar-refractivity contribution in [2.75, 3.05) is 14.7 Å². The number of aryl methyl sites for hydroxylation is 1. The van der Waals surface area contributed by atoms with Gasteiger partial charge < -0.3 is 14.7 Å². The molecule has 0 radical (unpaired) electrons. The third kappa shape index (κ3) is 7.80. The minimum Gasteiger partial charge on any atom is -0.311 e. The van der Waals surface area contributed by atoms with E-state index in [-0.39, 0.29) is 44.6 Å². The molecule has 5 aliphatic rings. The van der Waals surface area contributed by atoms with E-state index in [2.05, 4.69) is 284 Å². The van der Waals surface area contributed by atoms with Crippen LogP contribution < -0.4 is 31.1 Å². The number of hydrogen-bond donors (Lipinski definition) is 0. The summed E-state index contributed by atoms with van der Waals surface area (Å²) in [6, 6.07) is 59.8. The highest BCUT2D eigenvalue weighted by Crippen LogP contribution is 2.57. The van der Waals surface area contributed by atoms with Gasteiger partial charge in [-0.3, -0.25) is 0 Å². The van der Waals surface area contributed by atoms with Gasteiger partial charge in [-0.1, -0.05) is 190 Å². The standard InChI is InChI=1S/C75H82BN3/c1-46-36-57-59(72(10,11)35-34-71(57,8)9)43-63(46)79-65-44-60-58(73(12,13)45-74(60,14)15)42-62(65)76-61-33-30-52(77(49-24-20-18-21-25-49)50-26-22-19-23-27-50)41-64(61)78(66-38-48(70(5,6)7)39-67(79)68(66)76)51-29-32-55-54(40-51)53-31-28-47(69(2,3)4)37-56(53)75(55,16)17/h18-33,36-44H,34-35,45H2,1-17H3. The zero-order valence-corrected chi connectivity index (χ0v) is 50.5. The van der Waals surface area contributed by atoms with E-state index >= 15 is 0 Å². The molecule has 3 nitrogen and oxygen atoms in total. The molecule has 0 saturated carbocycles. The number of hydrogen-bond acceptors (Lipinski definition) is 3. The molecule has 0 atom stereocenters. The smallest absolute Gasteiger partial charge is 0.252 e. The number of rotatable bonds is 5. The Bertz CT molecular complexity index is 3800. The van der Waals surface area contributed by atoms with Crippen LogP contribution in [-0.2, 0) is 37.9 Å². The van der Waals surface area contributed by atoms with E-state index in [4.69, 9.17) is 0 Å². The van der Waals surface area contributed by atoms with E-state index in [0.717, 1.165) is 23.5 Å².